The van der Waals surface area contributed by atoms with Crippen LogP contribution in [0, 0.1) is 0 Å². The molecule has 0 aromatic rings. The summed E-state index contributed by atoms with van der Waals surface area (Å²) >= 11 is 0. The maximum Gasteiger partial charge on any atom is 0.0758 e. The van der Waals surface area contributed by atoms with Gasteiger partial charge in [0, 0.05) is 0 Å². The van der Waals surface area contributed by atoms with E-state index in [0.717, 1.165) is 5.39 Å². The van der Waals surface area contributed by atoms with Crippen molar-refractivity contribution in [3.05, 3.63) is 0 Å². The van der Waals surface area contributed by atoms with E-state index in [1.807, 2.05) is 0 Å². The normalized spacial score (nSPS) is 9.00. The molecule has 0 unspecified atom stereocenters. The maximum atomic E-state index is 4.44. The van der Waals surface area contributed by atoms with E-state index in [1.165, 1.54) is 21.3 Å². The summed E-state index contributed by atoms with van der Waals surface area (Å²) in [5, 5.41) is 0.875. The first-order valence-corrected chi connectivity index (χ1v) is 1.77. The maximum absolute atomic E-state index is 4.44. The smallest absolute Gasteiger partial charge is 0.0758 e. The van der Waals surface area contributed by atoms with E-state index in [-0.39, 0.29) is 5.48 Å². The van der Waals surface area contributed by atoms with Gasteiger partial charge in [0.25, 0.3) is 0 Å². The second kappa shape index (κ2) is 6.80. The van der Waals surface area contributed by atoms with Gasteiger partial charge in [0.1, 0.15) is 0 Å². The van der Waals surface area contributed by atoms with Crippen molar-refractivity contribution in [3.8, 4) is 0 Å². The van der Waals surface area contributed by atoms with Crippen LogP contribution in [0.3, 0.4) is 0 Å². The predicted molar refractivity (Wildman–Crippen MR) is 26.5 cm³/mol. The molecule has 52 valence electrons. The monoisotopic (exact) mass is 125 g/mol. The average Bonchev–Trinajstić information content (AvgIpc) is 1.72. The van der Waals surface area contributed by atoms with Crippen LogP contribution in [0.25, 0.3) is 0 Å². The van der Waals surface area contributed by atoms with Crippen molar-refractivity contribution in [1.29, 1.82) is 0 Å². The van der Waals surface area contributed by atoms with Gasteiger partial charge in [0.05, 0.1) is 26.7 Å². The Bertz CT molecular complexity index is 32.8. The second-order valence-electron chi connectivity index (χ2n) is 0.771. The molecule has 0 atom stereocenters. The first-order valence-electron chi connectivity index (χ1n) is 1.77. The molecule has 8 heavy (non-hydrogen) atoms. The van der Waals surface area contributed by atoms with Gasteiger partial charge in [0.15, 0.2) is 0 Å². The van der Waals surface area contributed by atoms with Gasteiger partial charge in [-0.2, -0.15) is 0 Å². The van der Waals surface area contributed by atoms with Gasteiger partial charge in [-0.05, 0) is 0 Å². The van der Waals surface area contributed by atoms with Gasteiger partial charge in [-0.15, -0.1) is 0 Å². The Kier molecular flexibility index (Phi) is 9.11. The first-order chi connectivity index (χ1) is 3.35. The van der Waals surface area contributed by atoms with Crippen LogP contribution in [0.1, 0.15) is 0 Å². The minimum atomic E-state index is 0. The highest BCUT2D eigenvalue weighted by Crippen LogP contribution is 1.83. The minimum absolute atomic E-state index is 0. The van der Waals surface area contributed by atoms with Crippen LogP contribution in [0.4, 0.5) is 0 Å². The summed E-state index contributed by atoms with van der Waals surface area (Å²) < 4.78 is 0. The largest absolute Gasteiger partial charge is 0.412 e. The fourth-order valence-corrected chi connectivity index (χ4v) is 0.224. The number of nitrogens with zero attached hydrogens (tertiary/aromatic N) is 1. The third-order valence-electron chi connectivity index (χ3n) is 0.447. The van der Waals surface area contributed by atoms with Crippen LogP contribution in [0.15, 0.2) is 0 Å². The SMILES string of the molecule is CON(OC)OC.O. The van der Waals surface area contributed by atoms with E-state index in [1.54, 1.807) is 0 Å². The van der Waals surface area contributed by atoms with Crippen LogP contribution in [0.5, 0.6) is 0 Å². The zero-order valence-electron chi connectivity index (χ0n) is 5.17. The van der Waals surface area contributed by atoms with Crippen LogP contribution < -0.4 is 0 Å². The van der Waals surface area contributed by atoms with E-state index < -0.39 is 0 Å². The Morgan fingerprint density at radius 1 is 0.875 bits per heavy atom. The first kappa shape index (κ1) is 10.7. The molecule has 0 aromatic carbocycles. The molecule has 0 rings (SSSR count). The predicted octanol–water partition coefficient (Wildman–Crippen LogP) is -0.852. The second-order valence-corrected chi connectivity index (χ2v) is 0.771. The summed E-state index contributed by atoms with van der Waals surface area (Å²) in [6.45, 7) is 0. The van der Waals surface area contributed by atoms with Crippen LogP contribution in [-0.2, 0) is 14.5 Å². The molecule has 0 aliphatic rings. The molecule has 0 radical (unpaired) electrons. The molecule has 0 saturated heterocycles. The third kappa shape index (κ3) is 3.97. The lowest BCUT2D eigenvalue weighted by Gasteiger charge is -2.10. The quantitative estimate of drug-likeness (QED) is 0.461. The van der Waals surface area contributed by atoms with Gasteiger partial charge >= 0.3 is 0 Å². The van der Waals surface area contributed by atoms with Crippen LogP contribution in [0.2, 0.25) is 0 Å². The Morgan fingerprint density at radius 3 is 1.12 bits per heavy atom. The van der Waals surface area contributed by atoms with Gasteiger partial charge in [-0.3, -0.25) is 14.5 Å². The van der Waals surface area contributed by atoms with E-state index in [0.29, 0.717) is 0 Å². The van der Waals surface area contributed by atoms with E-state index >= 15 is 0 Å². The molecular weight excluding hydrogens is 114 g/mol. The van der Waals surface area contributed by atoms with Crippen molar-refractivity contribution in [2.75, 3.05) is 21.3 Å². The fourth-order valence-electron chi connectivity index (χ4n) is 0.224. The van der Waals surface area contributed by atoms with Crippen LogP contribution >= 0.6 is 0 Å². The number of hydrogen-bond donors (Lipinski definition) is 0. The van der Waals surface area contributed by atoms with Crippen molar-refractivity contribution < 1.29 is 20.0 Å². The Labute approximate surface area is 47.9 Å². The summed E-state index contributed by atoms with van der Waals surface area (Å²) in [5.74, 6) is 0. The van der Waals surface area contributed by atoms with Crippen molar-refractivity contribution in [1.82, 2.24) is 5.39 Å². The molecule has 0 bridgehead atoms. The molecule has 0 aromatic heterocycles. The zero-order chi connectivity index (χ0) is 5.70. The van der Waals surface area contributed by atoms with Crippen molar-refractivity contribution in [2.45, 2.75) is 0 Å². The highest BCUT2D eigenvalue weighted by atomic mass is 17.2. The third-order valence-corrected chi connectivity index (χ3v) is 0.447. The Hall–Kier alpha value is -0.200. The topological polar surface area (TPSA) is 62.4 Å². The molecule has 5 nitrogen and oxygen atoms in total. The summed E-state index contributed by atoms with van der Waals surface area (Å²) in [6.07, 6.45) is 0. The fraction of sp³-hybridized carbons (Fsp3) is 1.00. The summed E-state index contributed by atoms with van der Waals surface area (Å²) in [6, 6.07) is 0. The molecule has 0 aliphatic heterocycles. The molecule has 2 N–H and O–H groups in total. The molecule has 0 heterocycles. The summed E-state index contributed by atoms with van der Waals surface area (Å²) in [4.78, 5) is 13.3. The number of rotatable bonds is 3. The molecule has 0 spiro atoms. The number of hydrogen-bond acceptors (Lipinski definition) is 4. The van der Waals surface area contributed by atoms with Crippen LogP contribution in [-0.4, -0.2) is 32.2 Å². The molecule has 0 aliphatic carbocycles. The molecule has 0 amide bonds. The Balaban J connectivity index is 0. The molecule has 0 fully saturated rings. The van der Waals surface area contributed by atoms with Gasteiger partial charge in [0.2, 0.25) is 0 Å². The Morgan fingerprint density at radius 2 is 1.12 bits per heavy atom. The van der Waals surface area contributed by atoms with Gasteiger partial charge in [-0.1, -0.05) is 0 Å². The van der Waals surface area contributed by atoms with Crippen molar-refractivity contribution in [3.63, 3.8) is 0 Å². The van der Waals surface area contributed by atoms with E-state index in [9.17, 15) is 0 Å². The highest BCUT2D eigenvalue weighted by molar-refractivity contribution is 3.72. The molecule has 5 heteroatoms. The standard InChI is InChI=1S/C3H9NO3.H2O/c1-5-4(6-2)7-3;/h1-3H3;1H2. The lowest BCUT2D eigenvalue weighted by atomic mass is 11.7. The van der Waals surface area contributed by atoms with Gasteiger partial charge < -0.3 is 5.48 Å². The summed E-state index contributed by atoms with van der Waals surface area (Å²) in [7, 11) is 4.31. The molecule has 0 saturated carbocycles. The summed E-state index contributed by atoms with van der Waals surface area (Å²) in [5.41, 5.74) is 0. The van der Waals surface area contributed by atoms with Crippen molar-refractivity contribution in [2.24, 2.45) is 0 Å². The average molecular weight is 125 g/mol. The van der Waals surface area contributed by atoms with E-state index in [2.05, 4.69) is 14.5 Å². The lowest BCUT2D eigenvalue weighted by Crippen LogP contribution is -2.18. The zero-order valence-corrected chi connectivity index (χ0v) is 5.17. The van der Waals surface area contributed by atoms with Crippen molar-refractivity contribution >= 4 is 0 Å². The minimum Gasteiger partial charge on any atom is -0.412 e. The lowest BCUT2D eigenvalue weighted by molar-refractivity contribution is -0.502. The molecular formula is C3H11NO4. The van der Waals surface area contributed by atoms with E-state index in [4.69, 9.17) is 0 Å². The van der Waals surface area contributed by atoms with Gasteiger partial charge in [-0.25, -0.2) is 0 Å². The highest BCUT2D eigenvalue weighted by Gasteiger charge is 1.92.